The monoisotopic (exact) mass is 245 g/mol. The molecule has 2 rings (SSSR count). The fourth-order valence-electron chi connectivity index (χ4n) is 2.55. The Balaban J connectivity index is 2.08. The van der Waals surface area contributed by atoms with Gasteiger partial charge in [-0.1, -0.05) is 38.1 Å². The number of benzene rings is 1. The predicted molar refractivity (Wildman–Crippen MR) is 75.0 cm³/mol. The van der Waals surface area contributed by atoms with Crippen molar-refractivity contribution in [3.8, 4) is 0 Å². The Morgan fingerprint density at radius 1 is 1.28 bits per heavy atom. The molecule has 1 unspecified atom stereocenters. The average Bonchev–Trinajstić information content (AvgIpc) is 3.23. The van der Waals surface area contributed by atoms with Crippen LogP contribution in [0.1, 0.15) is 49.5 Å². The van der Waals surface area contributed by atoms with E-state index in [-0.39, 0.29) is 11.8 Å². The molecule has 0 aromatic heterocycles. The first-order valence-corrected chi connectivity index (χ1v) is 7.06. The predicted octanol–water partition coefficient (Wildman–Crippen LogP) is 3.30. The van der Waals surface area contributed by atoms with E-state index >= 15 is 0 Å². The lowest BCUT2D eigenvalue weighted by Gasteiger charge is -2.26. The van der Waals surface area contributed by atoms with Crippen LogP contribution in [0.25, 0.3) is 0 Å². The summed E-state index contributed by atoms with van der Waals surface area (Å²) in [5.74, 6) is 0.256. The number of hydrogen-bond acceptors (Lipinski definition) is 2. The Morgan fingerprint density at radius 3 is 2.33 bits per heavy atom. The van der Waals surface area contributed by atoms with Gasteiger partial charge in [-0.3, -0.25) is 9.69 Å². The number of ketones is 1. The zero-order valence-electron chi connectivity index (χ0n) is 11.6. The summed E-state index contributed by atoms with van der Waals surface area (Å²) in [6.45, 7) is 7.27. The van der Waals surface area contributed by atoms with Gasteiger partial charge in [-0.2, -0.15) is 0 Å². The van der Waals surface area contributed by atoms with Crippen molar-refractivity contribution in [1.82, 2.24) is 4.90 Å². The molecule has 2 nitrogen and oxygen atoms in total. The first-order chi connectivity index (χ1) is 8.67. The minimum absolute atomic E-state index is 0.00924. The van der Waals surface area contributed by atoms with Crippen LogP contribution in [0.5, 0.6) is 0 Å². The summed E-state index contributed by atoms with van der Waals surface area (Å²) in [7, 11) is 0. The van der Waals surface area contributed by atoms with Crippen LogP contribution >= 0.6 is 0 Å². The van der Waals surface area contributed by atoms with Gasteiger partial charge in [0.25, 0.3) is 0 Å². The highest BCUT2D eigenvalue weighted by atomic mass is 16.1. The molecular formula is C16H23NO. The van der Waals surface area contributed by atoms with E-state index in [2.05, 4.69) is 30.9 Å². The molecule has 1 atom stereocenters. The van der Waals surface area contributed by atoms with Gasteiger partial charge in [0.1, 0.15) is 0 Å². The number of hydrogen-bond donors (Lipinski definition) is 0. The fourth-order valence-corrected chi connectivity index (χ4v) is 2.55. The molecular weight excluding hydrogens is 222 g/mol. The first kappa shape index (κ1) is 13.3. The van der Waals surface area contributed by atoms with E-state index in [0.717, 1.165) is 18.5 Å². The SMILES string of the molecule is CCc1ccc(C(=O)C(C)N(CC)C2CC2)cc1. The summed E-state index contributed by atoms with van der Waals surface area (Å²) < 4.78 is 0. The zero-order valence-corrected chi connectivity index (χ0v) is 11.6. The lowest BCUT2D eigenvalue weighted by atomic mass is 10.0. The number of likely N-dealkylation sites (N-methyl/N-ethyl adjacent to an activating group) is 1. The fraction of sp³-hybridized carbons (Fsp3) is 0.562. The van der Waals surface area contributed by atoms with Crippen LogP contribution < -0.4 is 0 Å². The van der Waals surface area contributed by atoms with Crippen molar-refractivity contribution in [3.05, 3.63) is 35.4 Å². The van der Waals surface area contributed by atoms with E-state index in [1.807, 2.05) is 19.1 Å². The molecule has 0 saturated heterocycles. The normalized spacial score (nSPS) is 16.9. The van der Waals surface area contributed by atoms with Gasteiger partial charge >= 0.3 is 0 Å². The molecule has 1 saturated carbocycles. The minimum atomic E-state index is 0.00924. The summed E-state index contributed by atoms with van der Waals surface area (Å²) >= 11 is 0. The summed E-state index contributed by atoms with van der Waals surface area (Å²) in [5, 5.41) is 0. The molecule has 1 aromatic rings. The van der Waals surface area contributed by atoms with Crippen LogP contribution in [0.15, 0.2) is 24.3 Å². The number of nitrogens with zero attached hydrogens (tertiary/aromatic N) is 1. The highest BCUT2D eigenvalue weighted by Gasteiger charge is 2.33. The molecule has 1 aromatic carbocycles. The van der Waals surface area contributed by atoms with Crippen molar-refractivity contribution in [2.45, 2.75) is 52.1 Å². The molecule has 2 heteroatoms. The smallest absolute Gasteiger partial charge is 0.179 e. The van der Waals surface area contributed by atoms with Crippen molar-refractivity contribution >= 4 is 5.78 Å². The van der Waals surface area contributed by atoms with Crippen molar-refractivity contribution in [3.63, 3.8) is 0 Å². The topological polar surface area (TPSA) is 20.3 Å². The standard InChI is InChI=1S/C16H23NO/c1-4-13-6-8-14(9-7-13)16(18)12(3)17(5-2)15-10-11-15/h6-9,12,15H,4-5,10-11H2,1-3H3. The number of Topliss-reactive ketones (excluding diaryl/α,β-unsaturated/α-hetero) is 1. The van der Waals surface area contributed by atoms with Crippen molar-refractivity contribution in [1.29, 1.82) is 0 Å². The van der Waals surface area contributed by atoms with Crippen molar-refractivity contribution in [2.75, 3.05) is 6.54 Å². The summed E-state index contributed by atoms with van der Waals surface area (Å²) in [5.41, 5.74) is 2.13. The lowest BCUT2D eigenvalue weighted by molar-refractivity contribution is 0.0834. The van der Waals surface area contributed by atoms with E-state index < -0.39 is 0 Å². The first-order valence-electron chi connectivity index (χ1n) is 7.06. The highest BCUT2D eigenvalue weighted by Crippen LogP contribution is 2.29. The number of carbonyl (C=O) groups is 1. The second-order valence-electron chi connectivity index (χ2n) is 5.15. The molecule has 0 radical (unpaired) electrons. The molecule has 0 N–H and O–H groups in total. The lowest BCUT2D eigenvalue weighted by Crippen LogP contribution is -2.40. The molecule has 18 heavy (non-hydrogen) atoms. The van der Waals surface area contributed by atoms with Gasteiger partial charge in [-0.15, -0.1) is 0 Å². The summed E-state index contributed by atoms with van der Waals surface area (Å²) in [4.78, 5) is 14.8. The molecule has 0 spiro atoms. The van der Waals surface area contributed by atoms with Gasteiger partial charge in [0.2, 0.25) is 0 Å². The maximum absolute atomic E-state index is 12.4. The van der Waals surface area contributed by atoms with Gasteiger partial charge in [-0.25, -0.2) is 0 Å². The largest absolute Gasteiger partial charge is 0.292 e. The van der Waals surface area contributed by atoms with E-state index in [4.69, 9.17) is 0 Å². The van der Waals surface area contributed by atoms with Crippen LogP contribution in [0, 0.1) is 0 Å². The Labute approximate surface area is 110 Å². The molecule has 0 bridgehead atoms. The van der Waals surface area contributed by atoms with Crippen molar-refractivity contribution in [2.24, 2.45) is 0 Å². The van der Waals surface area contributed by atoms with Crippen LogP contribution in [-0.4, -0.2) is 29.3 Å². The summed E-state index contributed by atoms with van der Waals surface area (Å²) in [6.07, 6.45) is 3.52. The molecule has 1 aliphatic carbocycles. The van der Waals surface area contributed by atoms with Gasteiger partial charge in [-0.05, 0) is 38.3 Å². The maximum atomic E-state index is 12.4. The van der Waals surface area contributed by atoms with Crippen LogP contribution in [0.3, 0.4) is 0 Å². The van der Waals surface area contributed by atoms with Gasteiger partial charge in [0.15, 0.2) is 5.78 Å². The van der Waals surface area contributed by atoms with Gasteiger partial charge in [0.05, 0.1) is 6.04 Å². The molecule has 0 heterocycles. The average molecular weight is 245 g/mol. The molecule has 1 fully saturated rings. The maximum Gasteiger partial charge on any atom is 0.179 e. The quantitative estimate of drug-likeness (QED) is 0.717. The third-order valence-corrected chi connectivity index (χ3v) is 3.90. The molecule has 98 valence electrons. The minimum Gasteiger partial charge on any atom is -0.292 e. The van der Waals surface area contributed by atoms with E-state index in [1.54, 1.807) is 0 Å². The van der Waals surface area contributed by atoms with Crippen LogP contribution in [-0.2, 0) is 6.42 Å². The zero-order chi connectivity index (χ0) is 13.1. The van der Waals surface area contributed by atoms with Gasteiger partial charge in [0, 0.05) is 11.6 Å². The number of aryl methyl sites for hydroxylation is 1. The second kappa shape index (κ2) is 5.66. The Kier molecular flexibility index (Phi) is 4.18. The van der Waals surface area contributed by atoms with E-state index in [0.29, 0.717) is 6.04 Å². The Morgan fingerprint density at radius 2 is 1.89 bits per heavy atom. The molecule has 0 aliphatic heterocycles. The third kappa shape index (κ3) is 2.81. The van der Waals surface area contributed by atoms with Crippen LogP contribution in [0.2, 0.25) is 0 Å². The molecule has 0 amide bonds. The Hall–Kier alpha value is -1.15. The third-order valence-electron chi connectivity index (χ3n) is 3.90. The molecule has 1 aliphatic rings. The van der Waals surface area contributed by atoms with Crippen LogP contribution in [0.4, 0.5) is 0 Å². The number of carbonyl (C=O) groups excluding carboxylic acids is 1. The second-order valence-corrected chi connectivity index (χ2v) is 5.15. The Bertz CT molecular complexity index is 406. The van der Waals surface area contributed by atoms with Crippen molar-refractivity contribution < 1.29 is 4.79 Å². The highest BCUT2D eigenvalue weighted by molar-refractivity contribution is 5.99. The summed E-state index contributed by atoms with van der Waals surface area (Å²) in [6, 6.07) is 8.72. The number of rotatable bonds is 6. The van der Waals surface area contributed by atoms with Gasteiger partial charge < -0.3 is 0 Å². The van der Waals surface area contributed by atoms with E-state index in [9.17, 15) is 4.79 Å². The van der Waals surface area contributed by atoms with E-state index in [1.165, 1.54) is 18.4 Å².